The molecule has 172 valence electrons. The standard InChI is InChI=1S/C21H26F3N7O/c1-2-30-10-4-6-27-18-16(30)11-15(20(32)28-17-12-25-7-8-26-17)19(29-18)31-9-3-5-14(13-31)21(22,23)24/h7-8,11-12,14H,2-6,9-10,13H2,1H3,(H,27,29)(H,26,28,32). The number of carbonyl (C=O) groups is 1. The first-order chi connectivity index (χ1) is 15.4. The van der Waals surface area contributed by atoms with Crippen LogP contribution in [0.15, 0.2) is 24.7 Å². The third kappa shape index (κ3) is 4.71. The van der Waals surface area contributed by atoms with Gasteiger partial charge in [0, 0.05) is 45.1 Å². The van der Waals surface area contributed by atoms with Gasteiger partial charge < -0.3 is 20.4 Å². The van der Waals surface area contributed by atoms with Crippen LogP contribution in [0.1, 0.15) is 36.5 Å². The summed E-state index contributed by atoms with van der Waals surface area (Å²) in [6.07, 6.45) is 1.41. The SMILES string of the molecule is CCN1CCCNc2nc(N3CCCC(C(F)(F)F)C3)c(C(=O)Nc3cnccn3)cc21. The number of carbonyl (C=O) groups excluding carboxylic acids is 1. The van der Waals surface area contributed by atoms with Gasteiger partial charge in [-0.2, -0.15) is 13.2 Å². The molecule has 11 heteroatoms. The van der Waals surface area contributed by atoms with Gasteiger partial charge in [0.1, 0.15) is 5.82 Å². The van der Waals surface area contributed by atoms with Crippen LogP contribution in [0.2, 0.25) is 0 Å². The third-order valence-electron chi connectivity index (χ3n) is 5.84. The number of fused-ring (bicyclic) bond motifs is 1. The highest BCUT2D eigenvalue weighted by Gasteiger charge is 2.42. The fraction of sp³-hybridized carbons (Fsp3) is 0.524. The Morgan fingerprint density at radius 3 is 2.84 bits per heavy atom. The second-order valence-corrected chi connectivity index (χ2v) is 7.96. The summed E-state index contributed by atoms with van der Waals surface area (Å²) in [5, 5.41) is 5.96. The number of hydrogen-bond donors (Lipinski definition) is 2. The first kappa shape index (κ1) is 22.1. The van der Waals surface area contributed by atoms with Gasteiger partial charge in [0.2, 0.25) is 0 Å². The largest absolute Gasteiger partial charge is 0.393 e. The lowest BCUT2D eigenvalue weighted by atomic mass is 9.97. The predicted octanol–water partition coefficient (Wildman–Crippen LogP) is 3.54. The van der Waals surface area contributed by atoms with Gasteiger partial charge in [-0.1, -0.05) is 0 Å². The summed E-state index contributed by atoms with van der Waals surface area (Å²) >= 11 is 0. The van der Waals surface area contributed by atoms with Crippen LogP contribution >= 0.6 is 0 Å². The Bertz CT molecular complexity index is 954. The highest BCUT2D eigenvalue weighted by molar-refractivity contribution is 6.08. The van der Waals surface area contributed by atoms with Crippen LogP contribution in [0.5, 0.6) is 0 Å². The minimum absolute atomic E-state index is 0.0773. The minimum Gasteiger partial charge on any atom is -0.369 e. The lowest BCUT2D eigenvalue weighted by Crippen LogP contribution is -2.43. The summed E-state index contributed by atoms with van der Waals surface area (Å²) in [4.78, 5) is 29.6. The van der Waals surface area contributed by atoms with Gasteiger partial charge in [0.05, 0.1) is 23.4 Å². The number of anilines is 4. The number of pyridine rings is 1. The van der Waals surface area contributed by atoms with E-state index in [2.05, 4.69) is 30.5 Å². The molecule has 1 fully saturated rings. The molecule has 4 heterocycles. The van der Waals surface area contributed by atoms with Crippen LogP contribution in [-0.4, -0.2) is 59.8 Å². The Morgan fingerprint density at radius 1 is 1.28 bits per heavy atom. The van der Waals surface area contributed by atoms with Crippen LogP contribution in [0.3, 0.4) is 0 Å². The van der Waals surface area contributed by atoms with E-state index in [0.717, 1.165) is 25.2 Å². The van der Waals surface area contributed by atoms with E-state index in [9.17, 15) is 18.0 Å². The Balaban J connectivity index is 1.75. The minimum atomic E-state index is -4.29. The van der Waals surface area contributed by atoms with Crippen molar-refractivity contribution in [3.05, 3.63) is 30.2 Å². The van der Waals surface area contributed by atoms with Crippen LogP contribution < -0.4 is 20.4 Å². The van der Waals surface area contributed by atoms with E-state index in [1.165, 1.54) is 18.6 Å². The topological polar surface area (TPSA) is 86.3 Å². The zero-order chi connectivity index (χ0) is 22.7. The highest BCUT2D eigenvalue weighted by atomic mass is 19.4. The van der Waals surface area contributed by atoms with E-state index in [0.29, 0.717) is 25.3 Å². The summed E-state index contributed by atoms with van der Waals surface area (Å²) in [6.45, 7) is 4.41. The number of alkyl halides is 3. The van der Waals surface area contributed by atoms with Gasteiger partial charge in [-0.15, -0.1) is 0 Å². The number of halogens is 3. The van der Waals surface area contributed by atoms with E-state index in [1.54, 1.807) is 11.0 Å². The molecule has 2 aliphatic rings. The number of nitrogens with zero attached hydrogens (tertiary/aromatic N) is 5. The molecule has 2 N–H and O–H groups in total. The average Bonchev–Trinajstić information content (AvgIpc) is 3.00. The quantitative estimate of drug-likeness (QED) is 0.738. The number of rotatable bonds is 4. The van der Waals surface area contributed by atoms with Gasteiger partial charge in [0.15, 0.2) is 11.6 Å². The molecule has 32 heavy (non-hydrogen) atoms. The van der Waals surface area contributed by atoms with Gasteiger partial charge in [-0.05, 0) is 32.3 Å². The second-order valence-electron chi connectivity index (χ2n) is 7.96. The molecule has 0 aromatic carbocycles. The second kappa shape index (κ2) is 9.17. The average molecular weight is 449 g/mol. The number of aromatic nitrogens is 3. The van der Waals surface area contributed by atoms with Crippen molar-refractivity contribution in [2.45, 2.75) is 32.4 Å². The summed E-state index contributed by atoms with van der Waals surface area (Å²) in [6, 6.07) is 1.72. The molecule has 4 rings (SSSR count). The molecular weight excluding hydrogens is 423 g/mol. The number of hydrogen-bond acceptors (Lipinski definition) is 7. The van der Waals surface area contributed by atoms with Crippen molar-refractivity contribution in [2.24, 2.45) is 5.92 Å². The Labute approximate surface area is 184 Å². The van der Waals surface area contributed by atoms with Crippen molar-refractivity contribution < 1.29 is 18.0 Å². The monoisotopic (exact) mass is 449 g/mol. The van der Waals surface area contributed by atoms with Crippen molar-refractivity contribution in [1.29, 1.82) is 0 Å². The molecule has 8 nitrogen and oxygen atoms in total. The molecule has 0 aliphatic carbocycles. The first-order valence-electron chi connectivity index (χ1n) is 10.8. The Kier molecular flexibility index (Phi) is 6.33. The van der Waals surface area contributed by atoms with E-state index < -0.39 is 18.0 Å². The van der Waals surface area contributed by atoms with Crippen molar-refractivity contribution in [2.75, 3.05) is 53.2 Å². The van der Waals surface area contributed by atoms with E-state index >= 15 is 0 Å². The maximum absolute atomic E-state index is 13.4. The normalized spacial score (nSPS) is 19.1. The van der Waals surface area contributed by atoms with Crippen LogP contribution in [0.4, 0.5) is 36.3 Å². The lowest BCUT2D eigenvalue weighted by molar-refractivity contribution is -0.176. The molecule has 0 spiro atoms. The van der Waals surface area contributed by atoms with Crippen LogP contribution in [0, 0.1) is 5.92 Å². The zero-order valence-electron chi connectivity index (χ0n) is 17.8. The van der Waals surface area contributed by atoms with E-state index in [-0.39, 0.29) is 30.2 Å². The Hall–Kier alpha value is -3.11. The van der Waals surface area contributed by atoms with Crippen molar-refractivity contribution in [1.82, 2.24) is 15.0 Å². The molecule has 1 saturated heterocycles. The third-order valence-corrected chi connectivity index (χ3v) is 5.84. The van der Waals surface area contributed by atoms with Crippen LogP contribution in [0.25, 0.3) is 0 Å². The van der Waals surface area contributed by atoms with Crippen molar-refractivity contribution in [3.8, 4) is 0 Å². The number of amides is 1. The van der Waals surface area contributed by atoms with Gasteiger partial charge >= 0.3 is 6.18 Å². The summed E-state index contributed by atoms with van der Waals surface area (Å²) in [5.74, 6) is -0.831. The van der Waals surface area contributed by atoms with Crippen molar-refractivity contribution in [3.63, 3.8) is 0 Å². The highest BCUT2D eigenvalue weighted by Crippen LogP contribution is 2.38. The summed E-state index contributed by atoms with van der Waals surface area (Å²) < 4.78 is 40.3. The van der Waals surface area contributed by atoms with E-state index in [1.807, 2.05) is 6.92 Å². The molecule has 2 aromatic rings. The van der Waals surface area contributed by atoms with E-state index in [4.69, 9.17) is 0 Å². The zero-order valence-corrected chi connectivity index (χ0v) is 17.8. The fourth-order valence-corrected chi connectivity index (χ4v) is 4.18. The summed E-state index contributed by atoms with van der Waals surface area (Å²) in [7, 11) is 0. The summed E-state index contributed by atoms with van der Waals surface area (Å²) in [5.41, 5.74) is 0.988. The molecule has 1 unspecified atom stereocenters. The first-order valence-corrected chi connectivity index (χ1v) is 10.8. The molecule has 2 aromatic heterocycles. The lowest BCUT2D eigenvalue weighted by Gasteiger charge is -2.36. The molecule has 0 bridgehead atoms. The maximum atomic E-state index is 13.4. The van der Waals surface area contributed by atoms with Crippen LogP contribution in [-0.2, 0) is 0 Å². The molecule has 0 saturated carbocycles. The number of nitrogens with one attached hydrogen (secondary N) is 2. The predicted molar refractivity (Wildman–Crippen MR) is 116 cm³/mol. The Morgan fingerprint density at radius 2 is 2.12 bits per heavy atom. The molecule has 2 aliphatic heterocycles. The molecule has 1 amide bonds. The smallest absolute Gasteiger partial charge is 0.369 e. The molecule has 0 radical (unpaired) electrons. The molecular formula is C21H26F3N7O. The van der Waals surface area contributed by atoms with Crippen molar-refractivity contribution >= 4 is 29.0 Å². The fourth-order valence-electron chi connectivity index (χ4n) is 4.18. The molecule has 1 atom stereocenters. The maximum Gasteiger partial charge on any atom is 0.393 e. The van der Waals surface area contributed by atoms with Gasteiger partial charge in [0.25, 0.3) is 5.91 Å². The number of piperidine rings is 1. The van der Waals surface area contributed by atoms with Gasteiger partial charge in [-0.3, -0.25) is 9.78 Å². The van der Waals surface area contributed by atoms with Gasteiger partial charge in [-0.25, -0.2) is 9.97 Å².